The normalized spacial score (nSPS) is 29.8. The van der Waals surface area contributed by atoms with Crippen molar-refractivity contribution in [2.45, 2.75) is 51.4 Å². The SMILES string of the molecule is CC1CCN(C2C(O)c3cc(Cl)ccc3OC2(C)C)CC1. The second-order valence-electron chi connectivity index (χ2n) is 7.00. The van der Waals surface area contributed by atoms with E-state index >= 15 is 0 Å². The van der Waals surface area contributed by atoms with Crippen LogP contribution in [0.4, 0.5) is 0 Å². The topological polar surface area (TPSA) is 32.7 Å². The van der Waals surface area contributed by atoms with Gasteiger partial charge in [0, 0.05) is 10.6 Å². The first-order valence-corrected chi connectivity index (χ1v) is 8.17. The Kier molecular flexibility index (Phi) is 3.93. The summed E-state index contributed by atoms with van der Waals surface area (Å²) in [7, 11) is 0. The third-order valence-electron chi connectivity index (χ3n) is 4.89. The number of hydrogen-bond donors (Lipinski definition) is 1. The summed E-state index contributed by atoms with van der Waals surface area (Å²) in [6.45, 7) is 8.47. The van der Waals surface area contributed by atoms with Gasteiger partial charge in [0.1, 0.15) is 17.5 Å². The molecular weight excluding hydrogens is 286 g/mol. The van der Waals surface area contributed by atoms with Crippen LogP contribution in [0.15, 0.2) is 18.2 Å². The smallest absolute Gasteiger partial charge is 0.126 e. The first kappa shape index (κ1) is 15.1. The highest BCUT2D eigenvalue weighted by Crippen LogP contribution is 2.43. The predicted molar refractivity (Wildman–Crippen MR) is 84.9 cm³/mol. The highest BCUT2D eigenvalue weighted by Gasteiger charge is 2.46. The van der Waals surface area contributed by atoms with Crippen molar-refractivity contribution in [3.05, 3.63) is 28.8 Å². The van der Waals surface area contributed by atoms with Gasteiger partial charge in [0.2, 0.25) is 0 Å². The fourth-order valence-electron chi connectivity index (χ4n) is 3.68. The molecule has 1 N–H and O–H groups in total. The molecule has 0 bridgehead atoms. The maximum atomic E-state index is 10.9. The van der Waals surface area contributed by atoms with Crippen LogP contribution < -0.4 is 4.74 Å². The van der Waals surface area contributed by atoms with Crippen LogP contribution in [0.2, 0.25) is 5.02 Å². The Morgan fingerprint density at radius 1 is 1.29 bits per heavy atom. The van der Waals surface area contributed by atoms with Gasteiger partial charge in [-0.25, -0.2) is 0 Å². The molecule has 0 aromatic heterocycles. The monoisotopic (exact) mass is 309 g/mol. The van der Waals surface area contributed by atoms with Crippen molar-refractivity contribution in [3.63, 3.8) is 0 Å². The molecule has 0 saturated carbocycles. The van der Waals surface area contributed by atoms with Gasteiger partial charge in [-0.2, -0.15) is 0 Å². The number of nitrogens with zero attached hydrogens (tertiary/aromatic N) is 1. The minimum atomic E-state index is -0.559. The van der Waals surface area contributed by atoms with Crippen molar-refractivity contribution in [2.75, 3.05) is 13.1 Å². The highest BCUT2D eigenvalue weighted by molar-refractivity contribution is 6.30. The van der Waals surface area contributed by atoms with Crippen LogP contribution in [0, 0.1) is 5.92 Å². The first-order valence-electron chi connectivity index (χ1n) is 7.79. The number of fused-ring (bicyclic) bond motifs is 1. The van der Waals surface area contributed by atoms with Crippen LogP contribution in [-0.4, -0.2) is 34.7 Å². The Morgan fingerprint density at radius 3 is 2.62 bits per heavy atom. The third-order valence-corrected chi connectivity index (χ3v) is 5.12. The molecule has 1 fully saturated rings. The average molecular weight is 310 g/mol. The van der Waals surface area contributed by atoms with Crippen LogP contribution in [0.25, 0.3) is 0 Å². The fourth-order valence-corrected chi connectivity index (χ4v) is 3.86. The lowest BCUT2D eigenvalue weighted by Gasteiger charge is -2.49. The van der Waals surface area contributed by atoms with E-state index in [4.69, 9.17) is 16.3 Å². The zero-order valence-electron chi connectivity index (χ0n) is 13.0. The molecule has 0 amide bonds. The molecule has 0 spiro atoms. The van der Waals surface area contributed by atoms with Crippen LogP contribution >= 0.6 is 11.6 Å². The number of likely N-dealkylation sites (tertiary alicyclic amines) is 1. The number of aliphatic hydroxyl groups excluding tert-OH is 1. The molecule has 3 nitrogen and oxygen atoms in total. The molecule has 2 aliphatic heterocycles. The van der Waals surface area contributed by atoms with Crippen LogP contribution in [0.3, 0.4) is 0 Å². The van der Waals surface area contributed by atoms with E-state index < -0.39 is 11.7 Å². The molecule has 1 aromatic carbocycles. The van der Waals surface area contributed by atoms with E-state index in [1.807, 2.05) is 18.2 Å². The molecule has 0 radical (unpaired) electrons. The maximum absolute atomic E-state index is 10.9. The average Bonchev–Trinajstić information content (AvgIpc) is 2.41. The predicted octanol–water partition coefficient (Wildman–Crippen LogP) is 3.64. The largest absolute Gasteiger partial charge is 0.486 e. The van der Waals surface area contributed by atoms with E-state index in [1.54, 1.807) is 0 Å². The minimum absolute atomic E-state index is 0.0315. The summed E-state index contributed by atoms with van der Waals surface area (Å²) in [5.74, 6) is 1.52. The van der Waals surface area contributed by atoms with Gasteiger partial charge in [-0.05, 0) is 63.9 Å². The van der Waals surface area contributed by atoms with Gasteiger partial charge in [0.15, 0.2) is 0 Å². The molecule has 2 aliphatic rings. The van der Waals surface area contributed by atoms with Crippen molar-refractivity contribution >= 4 is 11.6 Å². The molecule has 3 rings (SSSR count). The quantitative estimate of drug-likeness (QED) is 0.859. The van der Waals surface area contributed by atoms with E-state index in [9.17, 15) is 5.11 Å². The lowest BCUT2D eigenvalue weighted by Crippen LogP contribution is -2.59. The summed E-state index contributed by atoms with van der Waals surface area (Å²) < 4.78 is 6.18. The molecule has 4 heteroatoms. The Balaban J connectivity index is 1.93. The third kappa shape index (κ3) is 2.79. The molecule has 21 heavy (non-hydrogen) atoms. The first-order chi connectivity index (χ1) is 9.88. The van der Waals surface area contributed by atoms with Crippen LogP contribution in [0.5, 0.6) is 5.75 Å². The van der Waals surface area contributed by atoms with Crippen molar-refractivity contribution < 1.29 is 9.84 Å². The molecule has 0 aliphatic carbocycles. The highest BCUT2D eigenvalue weighted by atomic mass is 35.5. The summed E-state index contributed by atoms with van der Waals surface area (Å²) >= 11 is 6.09. The summed E-state index contributed by atoms with van der Waals surface area (Å²) in [5, 5.41) is 11.6. The Morgan fingerprint density at radius 2 is 1.95 bits per heavy atom. The van der Waals surface area contributed by atoms with Crippen LogP contribution in [-0.2, 0) is 0 Å². The molecule has 1 aromatic rings. The van der Waals surface area contributed by atoms with E-state index in [-0.39, 0.29) is 6.04 Å². The Hall–Kier alpha value is -0.770. The summed E-state index contributed by atoms with van der Waals surface area (Å²) in [6, 6.07) is 5.47. The number of ether oxygens (including phenoxy) is 1. The minimum Gasteiger partial charge on any atom is -0.486 e. The van der Waals surface area contributed by atoms with Gasteiger partial charge in [0.05, 0.1) is 6.04 Å². The van der Waals surface area contributed by atoms with Gasteiger partial charge in [-0.3, -0.25) is 4.90 Å². The van der Waals surface area contributed by atoms with Gasteiger partial charge in [-0.1, -0.05) is 18.5 Å². The Bertz CT molecular complexity index is 524. The van der Waals surface area contributed by atoms with Crippen molar-refractivity contribution in [1.82, 2.24) is 4.90 Å². The fraction of sp³-hybridized carbons (Fsp3) is 0.647. The second kappa shape index (κ2) is 5.45. The van der Waals surface area contributed by atoms with E-state index in [0.717, 1.165) is 30.3 Å². The summed E-state index contributed by atoms with van der Waals surface area (Å²) in [5.41, 5.74) is 0.395. The second-order valence-corrected chi connectivity index (χ2v) is 7.43. The van der Waals surface area contributed by atoms with Crippen molar-refractivity contribution in [1.29, 1.82) is 0 Å². The number of benzene rings is 1. The summed E-state index contributed by atoms with van der Waals surface area (Å²) in [4.78, 5) is 2.38. The number of piperidine rings is 1. The number of halogens is 1. The van der Waals surface area contributed by atoms with Crippen molar-refractivity contribution in [2.24, 2.45) is 5.92 Å². The number of rotatable bonds is 1. The zero-order valence-corrected chi connectivity index (χ0v) is 13.7. The zero-order chi connectivity index (χ0) is 15.2. The molecule has 2 atom stereocenters. The lowest BCUT2D eigenvalue weighted by molar-refractivity contribution is -0.0901. The van der Waals surface area contributed by atoms with E-state index in [1.165, 1.54) is 12.8 Å². The molecule has 116 valence electrons. The molecule has 2 heterocycles. The number of aliphatic hydroxyl groups is 1. The maximum Gasteiger partial charge on any atom is 0.126 e. The standard InChI is InChI=1S/C17H24ClNO2/c1-11-6-8-19(9-7-11)16-15(20)13-10-12(18)4-5-14(13)21-17(16,2)3/h4-5,10-11,15-16,20H,6-9H2,1-3H3. The Labute approximate surface area is 131 Å². The van der Waals surface area contributed by atoms with Crippen LogP contribution in [0.1, 0.15) is 45.3 Å². The van der Waals surface area contributed by atoms with E-state index in [2.05, 4.69) is 25.7 Å². The van der Waals surface area contributed by atoms with E-state index in [0.29, 0.717) is 5.02 Å². The molecule has 2 unspecified atom stereocenters. The van der Waals surface area contributed by atoms with Gasteiger partial charge in [0.25, 0.3) is 0 Å². The molecular formula is C17H24ClNO2. The van der Waals surface area contributed by atoms with Crippen molar-refractivity contribution in [3.8, 4) is 5.75 Å². The van der Waals surface area contributed by atoms with Gasteiger partial charge in [-0.15, -0.1) is 0 Å². The summed E-state index contributed by atoms with van der Waals surface area (Å²) in [6.07, 6.45) is 1.81. The number of hydrogen-bond acceptors (Lipinski definition) is 3. The lowest BCUT2D eigenvalue weighted by atomic mass is 9.83. The van der Waals surface area contributed by atoms with Gasteiger partial charge >= 0.3 is 0 Å². The molecule has 1 saturated heterocycles. The van der Waals surface area contributed by atoms with Gasteiger partial charge < -0.3 is 9.84 Å².